The van der Waals surface area contributed by atoms with Gasteiger partial charge in [-0.05, 0) is 79.4 Å². The van der Waals surface area contributed by atoms with E-state index in [0.717, 1.165) is 17.8 Å². The van der Waals surface area contributed by atoms with Gasteiger partial charge in [0.1, 0.15) is 0 Å². The van der Waals surface area contributed by atoms with Gasteiger partial charge in [-0.1, -0.05) is 44.0 Å². The van der Waals surface area contributed by atoms with E-state index in [9.17, 15) is 0 Å². The van der Waals surface area contributed by atoms with E-state index in [1.54, 1.807) is 0 Å². The third kappa shape index (κ3) is 2.14. The van der Waals surface area contributed by atoms with Gasteiger partial charge in [-0.2, -0.15) is 0 Å². The van der Waals surface area contributed by atoms with Crippen LogP contribution in [0.15, 0.2) is 28.7 Å². The summed E-state index contributed by atoms with van der Waals surface area (Å²) in [5, 5.41) is 0. The molecule has 0 spiro atoms. The number of rotatable bonds is 2. The van der Waals surface area contributed by atoms with Crippen LogP contribution in [0.1, 0.15) is 48.9 Å². The van der Waals surface area contributed by atoms with Crippen molar-refractivity contribution in [2.75, 3.05) is 0 Å². The molecule has 1 atom stereocenters. The molecule has 4 fully saturated rings. The average molecular weight is 384 g/mol. The van der Waals surface area contributed by atoms with Crippen LogP contribution in [-0.2, 0) is 0 Å². The predicted octanol–water partition coefficient (Wildman–Crippen LogP) is 6.10. The molecular formula is C17H20Br2. The van der Waals surface area contributed by atoms with Crippen LogP contribution in [0.4, 0.5) is 0 Å². The van der Waals surface area contributed by atoms with Crippen molar-refractivity contribution in [3.8, 4) is 0 Å². The molecule has 0 heterocycles. The SMILES string of the molecule is Brc1ccc(C(Br)C23CC4CC(CC(C4)C2)C3)cc1. The minimum Gasteiger partial charge on any atom is -0.0833 e. The van der Waals surface area contributed by atoms with Crippen molar-refractivity contribution < 1.29 is 0 Å². The van der Waals surface area contributed by atoms with Crippen molar-refractivity contribution >= 4 is 31.9 Å². The van der Waals surface area contributed by atoms with Crippen molar-refractivity contribution in [3.05, 3.63) is 34.3 Å². The zero-order chi connectivity index (χ0) is 13.0. The number of alkyl halides is 1. The number of halogens is 2. The average Bonchev–Trinajstić information content (AvgIpc) is 2.37. The van der Waals surface area contributed by atoms with Gasteiger partial charge in [0, 0.05) is 9.30 Å². The number of hydrogen-bond acceptors (Lipinski definition) is 0. The van der Waals surface area contributed by atoms with Crippen LogP contribution in [0.25, 0.3) is 0 Å². The topological polar surface area (TPSA) is 0 Å². The van der Waals surface area contributed by atoms with E-state index in [1.807, 2.05) is 0 Å². The van der Waals surface area contributed by atoms with Crippen LogP contribution in [-0.4, -0.2) is 0 Å². The van der Waals surface area contributed by atoms with Crippen LogP contribution < -0.4 is 0 Å². The molecule has 0 aromatic heterocycles. The van der Waals surface area contributed by atoms with Crippen LogP contribution in [0.3, 0.4) is 0 Å². The molecule has 1 aromatic carbocycles. The van der Waals surface area contributed by atoms with Gasteiger partial charge in [0.05, 0.1) is 0 Å². The Hall–Kier alpha value is 0.180. The molecule has 102 valence electrons. The number of hydrogen-bond donors (Lipinski definition) is 0. The first-order valence-electron chi connectivity index (χ1n) is 7.54. The van der Waals surface area contributed by atoms with E-state index in [0.29, 0.717) is 10.2 Å². The minimum absolute atomic E-state index is 0.557. The molecule has 1 aromatic rings. The quantitative estimate of drug-likeness (QED) is 0.541. The van der Waals surface area contributed by atoms with Crippen LogP contribution in [0, 0.1) is 23.2 Å². The second-order valence-corrected chi connectivity index (χ2v) is 9.03. The molecule has 0 nitrogen and oxygen atoms in total. The van der Waals surface area contributed by atoms with E-state index in [4.69, 9.17) is 0 Å². The summed E-state index contributed by atoms with van der Waals surface area (Å²) < 4.78 is 1.18. The fraction of sp³-hybridized carbons (Fsp3) is 0.647. The Morgan fingerprint density at radius 1 is 0.895 bits per heavy atom. The highest BCUT2D eigenvalue weighted by Gasteiger charge is 2.53. The highest BCUT2D eigenvalue weighted by atomic mass is 79.9. The van der Waals surface area contributed by atoms with Gasteiger partial charge < -0.3 is 0 Å². The Morgan fingerprint density at radius 3 is 1.84 bits per heavy atom. The first-order valence-corrected chi connectivity index (χ1v) is 9.25. The predicted molar refractivity (Wildman–Crippen MR) is 86.4 cm³/mol. The molecular weight excluding hydrogens is 364 g/mol. The summed E-state index contributed by atoms with van der Waals surface area (Å²) in [6, 6.07) is 8.96. The van der Waals surface area contributed by atoms with Gasteiger partial charge in [-0.3, -0.25) is 0 Å². The van der Waals surface area contributed by atoms with Crippen molar-refractivity contribution in [2.45, 2.75) is 43.4 Å². The Morgan fingerprint density at radius 2 is 1.37 bits per heavy atom. The second-order valence-electron chi connectivity index (χ2n) is 7.19. The van der Waals surface area contributed by atoms with Gasteiger partial charge in [-0.15, -0.1) is 0 Å². The molecule has 4 saturated carbocycles. The van der Waals surface area contributed by atoms with Gasteiger partial charge in [0.2, 0.25) is 0 Å². The molecule has 0 aliphatic heterocycles. The third-order valence-electron chi connectivity index (χ3n) is 5.79. The molecule has 2 heteroatoms. The first kappa shape index (κ1) is 12.9. The molecule has 5 rings (SSSR count). The zero-order valence-corrected chi connectivity index (χ0v) is 14.3. The highest BCUT2D eigenvalue weighted by molar-refractivity contribution is 9.10. The van der Waals surface area contributed by atoms with Gasteiger partial charge >= 0.3 is 0 Å². The lowest BCUT2D eigenvalue weighted by atomic mass is 9.48. The summed E-state index contributed by atoms with van der Waals surface area (Å²) in [4.78, 5) is 0.557. The molecule has 1 unspecified atom stereocenters. The Labute approximate surface area is 132 Å². The zero-order valence-electron chi connectivity index (χ0n) is 11.1. The Balaban J connectivity index is 1.65. The van der Waals surface area contributed by atoms with E-state index < -0.39 is 0 Å². The normalized spacial score (nSPS) is 41.5. The molecule has 4 bridgehead atoms. The van der Waals surface area contributed by atoms with E-state index in [2.05, 4.69) is 56.1 Å². The molecule has 4 aliphatic rings. The maximum absolute atomic E-state index is 4.08. The van der Waals surface area contributed by atoms with Crippen LogP contribution >= 0.6 is 31.9 Å². The summed E-state index contributed by atoms with van der Waals surface area (Å²) >= 11 is 7.63. The molecule has 0 N–H and O–H groups in total. The largest absolute Gasteiger partial charge is 0.0833 e. The third-order valence-corrected chi connectivity index (χ3v) is 7.81. The van der Waals surface area contributed by atoms with E-state index in [-0.39, 0.29) is 0 Å². The van der Waals surface area contributed by atoms with Gasteiger partial charge in [0.15, 0.2) is 0 Å². The monoisotopic (exact) mass is 382 g/mol. The van der Waals surface area contributed by atoms with Crippen molar-refractivity contribution in [1.29, 1.82) is 0 Å². The van der Waals surface area contributed by atoms with E-state index >= 15 is 0 Å². The minimum atomic E-state index is 0.557. The molecule has 0 amide bonds. The van der Waals surface area contributed by atoms with Crippen molar-refractivity contribution in [3.63, 3.8) is 0 Å². The summed E-state index contributed by atoms with van der Waals surface area (Å²) in [6.07, 6.45) is 8.97. The van der Waals surface area contributed by atoms with Gasteiger partial charge in [0.25, 0.3) is 0 Å². The molecule has 0 saturated heterocycles. The molecule has 0 radical (unpaired) electrons. The highest BCUT2D eigenvalue weighted by Crippen LogP contribution is 2.65. The van der Waals surface area contributed by atoms with Gasteiger partial charge in [-0.25, -0.2) is 0 Å². The number of benzene rings is 1. The Kier molecular flexibility index (Phi) is 3.11. The Bertz CT molecular complexity index is 441. The standard InChI is InChI=1S/C17H20Br2/c18-15-3-1-14(2-4-15)16(19)17-8-11-5-12(9-17)7-13(6-11)10-17/h1-4,11-13,16H,5-10H2. The summed E-state index contributed by atoms with van der Waals surface area (Å²) in [5.74, 6) is 3.09. The van der Waals surface area contributed by atoms with Crippen LogP contribution in [0.5, 0.6) is 0 Å². The first-order chi connectivity index (χ1) is 9.14. The van der Waals surface area contributed by atoms with Crippen molar-refractivity contribution in [2.24, 2.45) is 23.2 Å². The summed E-state index contributed by atoms with van der Waals surface area (Å²) in [6.45, 7) is 0. The van der Waals surface area contributed by atoms with E-state index in [1.165, 1.54) is 48.6 Å². The van der Waals surface area contributed by atoms with Crippen molar-refractivity contribution in [1.82, 2.24) is 0 Å². The van der Waals surface area contributed by atoms with Crippen LogP contribution in [0.2, 0.25) is 0 Å². The molecule has 4 aliphatic carbocycles. The summed E-state index contributed by atoms with van der Waals surface area (Å²) in [5.41, 5.74) is 2.04. The smallest absolute Gasteiger partial charge is 0.0451 e. The second kappa shape index (κ2) is 4.59. The summed E-state index contributed by atoms with van der Waals surface area (Å²) in [7, 11) is 0. The molecule has 19 heavy (non-hydrogen) atoms. The lowest BCUT2D eigenvalue weighted by Gasteiger charge is -2.58. The lowest BCUT2D eigenvalue weighted by molar-refractivity contribution is -0.0528. The maximum atomic E-state index is 4.08. The fourth-order valence-electron chi connectivity index (χ4n) is 5.47. The maximum Gasteiger partial charge on any atom is 0.0451 e. The lowest BCUT2D eigenvalue weighted by Crippen LogP contribution is -2.47. The fourth-order valence-corrected chi connectivity index (χ4v) is 6.60.